The average molecular weight is 431 g/mol. The van der Waals surface area contributed by atoms with E-state index in [9.17, 15) is 4.79 Å². The molecule has 0 aliphatic heterocycles. The second-order valence-electron chi connectivity index (χ2n) is 7.80. The SMILES string of the molecule is Cc1c(C(=O)Nc2ccc(OCCCN(C)C)cc2)nnn1-c1ccc2ncccc2c1. The number of rotatable bonds is 8. The van der Waals surface area contributed by atoms with Gasteiger partial charge in [-0.1, -0.05) is 11.3 Å². The number of nitrogens with zero attached hydrogens (tertiary/aromatic N) is 5. The molecular weight excluding hydrogens is 404 g/mol. The molecule has 1 N–H and O–H groups in total. The molecule has 0 unspecified atom stereocenters. The lowest BCUT2D eigenvalue weighted by Gasteiger charge is -2.11. The zero-order valence-corrected chi connectivity index (χ0v) is 18.4. The topological polar surface area (TPSA) is 85.2 Å². The van der Waals surface area contributed by atoms with Crippen LogP contribution in [0.1, 0.15) is 22.6 Å². The molecule has 0 saturated heterocycles. The number of hydrogen-bond acceptors (Lipinski definition) is 6. The highest BCUT2D eigenvalue weighted by Gasteiger charge is 2.18. The molecule has 8 heteroatoms. The number of benzene rings is 2. The molecule has 0 atom stereocenters. The van der Waals surface area contributed by atoms with Crippen molar-refractivity contribution in [1.29, 1.82) is 0 Å². The summed E-state index contributed by atoms with van der Waals surface area (Å²) in [5.74, 6) is 0.463. The molecule has 2 aromatic carbocycles. The van der Waals surface area contributed by atoms with E-state index in [2.05, 4.69) is 25.5 Å². The molecule has 2 aromatic heterocycles. The highest BCUT2D eigenvalue weighted by atomic mass is 16.5. The van der Waals surface area contributed by atoms with Crippen LogP contribution in [0.4, 0.5) is 5.69 Å². The Morgan fingerprint density at radius 2 is 1.94 bits per heavy atom. The number of fused-ring (bicyclic) bond motifs is 1. The van der Waals surface area contributed by atoms with Gasteiger partial charge in [-0.15, -0.1) is 5.10 Å². The number of amides is 1. The van der Waals surface area contributed by atoms with Crippen LogP contribution < -0.4 is 10.1 Å². The van der Waals surface area contributed by atoms with Crippen LogP contribution in [-0.2, 0) is 0 Å². The van der Waals surface area contributed by atoms with Gasteiger partial charge < -0.3 is 15.0 Å². The van der Waals surface area contributed by atoms with Gasteiger partial charge in [-0.2, -0.15) is 0 Å². The van der Waals surface area contributed by atoms with Crippen molar-refractivity contribution >= 4 is 22.5 Å². The van der Waals surface area contributed by atoms with Crippen LogP contribution >= 0.6 is 0 Å². The summed E-state index contributed by atoms with van der Waals surface area (Å²) in [4.78, 5) is 19.2. The lowest BCUT2D eigenvalue weighted by molar-refractivity contribution is 0.102. The van der Waals surface area contributed by atoms with Crippen LogP contribution in [0.15, 0.2) is 60.8 Å². The quantitative estimate of drug-likeness (QED) is 0.429. The summed E-state index contributed by atoms with van der Waals surface area (Å²) in [6, 6.07) is 17.0. The molecule has 0 bridgehead atoms. The van der Waals surface area contributed by atoms with Gasteiger partial charge in [0, 0.05) is 23.8 Å². The molecule has 0 fully saturated rings. The van der Waals surface area contributed by atoms with Crippen molar-refractivity contribution < 1.29 is 9.53 Å². The summed E-state index contributed by atoms with van der Waals surface area (Å²) < 4.78 is 7.39. The molecule has 4 aromatic rings. The second kappa shape index (κ2) is 9.57. The van der Waals surface area contributed by atoms with Crippen molar-refractivity contribution in [3.8, 4) is 11.4 Å². The van der Waals surface area contributed by atoms with Gasteiger partial charge in [0.1, 0.15) is 5.75 Å². The first-order chi connectivity index (χ1) is 15.5. The first-order valence-corrected chi connectivity index (χ1v) is 10.5. The monoisotopic (exact) mass is 430 g/mol. The smallest absolute Gasteiger partial charge is 0.278 e. The lowest BCUT2D eigenvalue weighted by Crippen LogP contribution is -2.15. The predicted molar refractivity (Wildman–Crippen MR) is 124 cm³/mol. The average Bonchev–Trinajstić information content (AvgIpc) is 3.18. The zero-order chi connectivity index (χ0) is 22.5. The normalized spacial score (nSPS) is 11.1. The number of carbonyl (C=O) groups excluding carboxylic acids is 1. The summed E-state index contributed by atoms with van der Waals surface area (Å²) in [6.07, 6.45) is 2.71. The third-order valence-corrected chi connectivity index (χ3v) is 5.07. The minimum atomic E-state index is -0.309. The van der Waals surface area contributed by atoms with Gasteiger partial charge in [-0.25, -0.2) is 4.68 Å². The summed E-state index contributed by atoms with van der Waals surface area (Å²) in [6.45, 7) is 3.45. The van der Waals surface area contributed by atoms with Crippen LogP contribution in [-0.4, -0.2) is 58.0 Å². The Balaban J connectivity index is 1.42. The van der Waals surface area contributed by atoms with Crippen LogP contribution in [0.25, 0.3) is 16.6 Å². The van der Waals surface area contributed by atoms with Crippen molar-refractivity contribution in [2.75, 3.05) is 32.6 Å². The molecule has 8 nitrogen and oxygen atoms in total. The number of anilines is 1. The fourth-order valence-corrected chi connectivity index (χ4v) is 3.37. The molecule has 1 amide bonds. The maximum Gasteiger partial charge on any atom is 0.278 e. The maximum atomic E-state index is 12.8. The Morgan fingerprint density at radius 3 is 2.72 bits per heavy atom. The van der Waals surface area contributed by atoms with Crippen molar-refractivity contribution in [3.63, 3.8) is 0 Å². The summed E-state index contributed by atoms with van der Waals surface area (Å²) in [7, 11) is 4.08. The first kappa shape index (κ1) is 21.5. The van der Waals surface area contributed by atoms with E-state index in [1.807, 2.05) is 75.6 Å². The molecule has 0 aliphatic rings. The zero-order valence-electron chi connectivity index (χ0n) is 18.4. The Kier molecular flexibility index (Phi) is 6.42. The van der Waals surface area contributed by atoms with Gasteiger partial charge in [0.25, 0.3) is 5.91 Å². The minimum absolute atomic E-state index is 0.278. The highest BCUT2D eigenvalue weighted by Crippen LogP contribution is 2.20. The summed E-state index contributed by atoms with van der Waals surface area (Å²) in [5.41, 5.74) is 3.33. The Bertz CT molecular complexity index is 1220. The Morgan fingerprint density at radius 1 is 1.12 bits per heavy atom. The third kappa shape index (κ3) is 4.92. The van der Waals surface area contributed by atoms with E-state index in [1.54, 1.807) is 10.9 Å². The largest absolute Gasteiger partial charge is 0.494 e. The van der Waals surface area contributed by atoms with Crippen LogP contribution in [0, 0.1) is 6.92 Å². The van der Waals surface area contributed by atoms with Gasteiger partial charge in [-0.05, 0) is 76.0 Å². The summed E-state index contributed by atoms with van der Waals surface area (Å²) >= 11 is 0. The standard InChI is InChI=1S/C24H26N6O2/c1-17-23(27-28-30(17)20-9-12-22-18(16-20)6-4-13-25-22)24(31)26-19-7-10-21(11-8-19)32-15-5-14-29(2)3/h4,6-13,16H,5,14-15H2,1-3H3,(H,26,31). The van der Waals surface area contributed by atoms with Gasteiger partial charge in [-0.3, -0.25) is 9.78 Å². The molecule has 164 valence electrons. The van der Waals surface area contributed by atoms with Gasteiger partial charge in [0.05, 0.1) is 23.5 Å². The Hall–Kier alpha value is -3.78. The van der Waals surface area contributed by atoms with E-state index in [4.69, 9.17) is 4.74 Å². The highest BCUT2D eigenvalue weighted by molar-refractivity contribution is 6.03. The number of ether oxygens (including phenoxy) is 1. The van der Waals surface area contributed by atoms with Crippen molar-refractivity contribution in [1.82, 2.24) is 24.9 Å². The fraction of sp³-hybridized carbons (Fsp3) is 0.250. The van der Waals surface area contributed by atoms with Crippen molar-refractivity contribution in [3.05, 3.63) is 72.2 Å². The maximum absolute atomic E-state index is 12.8. The number of nitrogens with one attached hydrogen (secondary N) is 1. The molecule has 0 saturated carbocycles. The number of carbonyl (C=O) groups is 1. The number of pyridine rings is 1. The van der Waals surface area contributed by atoms with Crippen molar-refractivity contribution in [2.45, 2.75) is 13.3 Å². The molecular formula is C24H26N6O2. The molecule has 32 heavy (non-hydrogen) atoms. The third-order valence-electron chi connectivity index (χ3n) is 5.07. The van der Waals surface area contributed by atoms with E-state index in [1.165, 1.54) is 0 Å². The number of hydrogen-bond donors (Lipinski definition) is 1. The van der Waals surface area contributed by atoms with E-state index in [-0.39, 0.29) is 11.6 Å². The van der Waals surface area contributed by atoms with E-state index >= 15 is 0 Å². The first-order valence-electron chi connectivity index (χ1n) is 10.5. The van der Waals surface area contributed by atoms with E-state index in [0.29, 0.717) is 18.0 Å². The molecule has 0 aliphatic carbocycles. The van der Waals surface area contributed by atoms with E-state index < -0.39 is 0 Å². The van der Waals surface area contributed by atoms with Gasteiger partial charge >= 0.3 is 0 Å². The predicted octanol–water partition coefficient (Wildman–Crippen LogP) is 3.71. The fourth-order valence-electron chi connectivity index (χ4n) is 3.37. The molecule has 4 rings (SSSR count). The minimum Gasteiger partial charge on any atom is -0.494 e. The molecule has 2 heterocycles. The number of aromatic nitrogens is 4. The summed E-state index contributed by atoms with van der Waals surface area (Å²) in [5, 5.41) is 12.2. The van der Waals surface area contributed by atoms with Crippen LogP contribution in [0.5, 0.6) is 5.75 Å². The molecule has 0 radical (unpaired) electrons. The second-order valence-corrected chi connectivity index (χ2v) is 7.80. The van der Waals surface area contributed by atoms with Crippen molar-refractivity contribution in [2.24, 2.45) is 0 Å². The van der Waals surface area contributed by atoms with Crippen LogP contribution in [0.2, 0.25) is 0 Å². The van der Waals surface area contributed by atoms with E-state index in [0.717, 1.165) is 35.3 Å². The molecule has 0 spiro atoms. The Labute approximate surface area is 186 Å². The van der Waals surface area contributed by atoms with Gasteiger partial charge in [0.15, 0.2) is 5.69 Å². The van der Waals surface area contributed by atoms with Crippen LogP contribution in [0.3, 0.4) is 0 Å². The lowest BCUT2D eigenvalue weighted by atomic mass is 10.2. The van der Waals surface area contributed by atoms with Gasteiger partial charge in [0.2, 0.25) is 0 Å².